The second kappa shape index (κ2) is 8.85. The third-order valence-corrected chi connectivity index (χ3v) is 5.05. The molecular weight excluding hydrogens is 408 g/mol. The number of imide groups is 1. The second-order valence-electron chi connectivity index (χ2n) is 5.68. The molecule has 2 aromatic carbocycles. The Hall–Kier alpha value is -2.91. The van der Waals surface area contributed by atoms with Gasteiger partial charge in [-0.25, -0.2) is 18.0 Å². The van der Waals surface area contributed by atoms with E-state index in [1.165, 1.54) is 31.3 Å². The van der Waals surface area contributed by atoms with E-state index in [1.54, 1.807) is 18.2 Å². The van der Waals surface area contributed by atoms with Crippen LogP contribution in [0.4, 0.5) is 4.79 Å². The zero-order valence-electron chi connectivity index (χ0n) is 14.9. The lowest BCUT2D eigenvalue weighted by Gasteiger charge is -2.18. The molecular formula is C18H17ClN2O6S. The summed E-state index contributed by atoms with van der Waals surface area (Å²) in [6.45, 7) is 0. The van der Waals surface area contributed by atoms with E-state index in [0.29, 0.717) is 5.56 Å². The zero-order valence-corrected chi connectivity index (χ0v) is 16.5. The molecule has 0 bridgehead atoms. The van der Waals surface area contributed by atoms with Crippen LogP contribution in [0.2, 0.25) is 5.02 Å². The highest BCUT2D eigenvalue weighted by Crippen LogP contribution is 2.25. The van der Waals surface area contributed by atoms with Crippen LogP contribution in [0, 0.1) is 0 Å². The molecule has 2 aromatic rings. The average Bonchev–Trinajstić information content (AvgIpc) is 2.65. The number of sulfone groups is 1. The van der Waals surface area contributed by atoms with Crippen molar-refractivity contribution in [1.29, 1.82) is 0 Å². The standard InChI is InChI=1S/C18H17ClN2O6S/c1-20-18(24)21-16(22)15(11-6-4-3-5-7-11)27-17(23)13-10-12(28(2,25)26)8-9-14(13)19/h3-10,15H,1-2H3,(H2,20,21,22,24)/t15-/m0/s1. The molecule has 2 N–H and O–H groups in total. The number of halogens is 1. The fourth-order valence-corrected chi connectivity index (χ4v) is 3.04. The van der Waals surface area contributed by atoms with Crippen LogP contribution in [0.25, 0.3) is 0 Å². The van der Waals surface area contributed by atoms with Crippen LogP contribution in [0.3, 0.4) is 0 Å². The lowest BCUT2D eigenvalue weighted by molar-refractivity contribution is -0.129. The van der Waals surface area contributed by atoms with Crippen LogP contribution in [-0.4, -0.2) is 39.6 Å². The zero-order chi connectivity index (χ0) is 20.9. The van der Waals surface area contributed by atoms with Crippen molar-refractivity contribution in [3.63, 3.8) is 0 Å². The number of ether oxygens (including phenoxy) is 1. The van der Waals surface area contributed by atoms with Crippen molar-refractivity contribution >= 4 is 39.3 Å². The van der Waals surface area contributed by atoms with Gasteiger partial charge in [0, 0.05) is 18.9 Å². The summed E-state index contributed by atoms with van der Waals surface area (Å²) in [4.78, 5) is 36.3. The summed E-state index contributed by atoms with van der Waals surface area (Å²) < 4.78 is 28.7. The molecule has 0 heterocycles. The van der Waals surface area contributed by atoms with Gasteiger partial charge in [-0.05, 0) is 18.2 Å². The van der Waals surface area contributed by atoms with Crippen LogP contribution in [-0.2, 0) is 19.4 Å². The number of nitrogens with one attached hydrogen (secondary N) is 2. The smallest absolute Gasteiger partial charge is 0.340 e. The van der Waals surface area contributed by atoms with Crippen molar-refractivity contribution in [2.75, 3.05) is 13.3 Å². The number of urea groups is 1. The normalized spacial score (nSPS) is 12.0. The molecule has 3 amide bonds. The van der Waals surface area contributed by atoms with Crippen LogP contribution in [0.5, 0.6) is 0 Å². The SMILES string of the molecule is CNC(=O)NC(=O)[C@@H](OC(=O)c1cc(S(C)(=O)=O)ccc1Cl)c1ccccc1. The van der Waals surface area contributed by atoms with Crippen molar-refractivity contribution in [3.8, 4) is 0 Å². The Morgan fingerprint density at radius 1 is 1.07 bits per heavy atom. The van der Waals surface area contributed by atoms with E-state index in [1.807, 2.05) is 5.32 Å². The van der Waals surface area contributed by atoms with E-state index in [0.717, 1.165) is 12.3 Å². The van der Waals surface area contributed by atoms with Gasteiger partial charge in [0.2, 0.25) is 6.10 Å². The Kier molecular flexibility index (Phi) is 6.76. The Bertz CT molecular complexity index is 1010. The van der Waals surface area contributed by atoms with E-state index >= 15 is 0 Å². The first kappa shape index (κ1) is 21.4. The first-order valence-corrected chi connectivity index (χ1v) is 10.2. The molecule has 0 fully saturated rings. The second-order valence-corrected chi connectivity index (χ2v) is 8.10. The van der Waals surface area contributed by atoms with E-state index in [4.69, 9.17) is 16.3 Å². The fraction of sp³-hybridized carbons (Fsp3) is 0.167. The molecule has 0 aromatic heterocycles. The number of benzene rings is 2. The van der Waals surface area contributed by atoms with Crippen molar-refractivity contribution in [2.45, 2.75) is 11.0 Å². The molecule has 148 valence electrons. The van der Waals surface area contributed by atoms with Crippen molar-refractivity contribution < 1.29 is 27.5 Å². The predicted octanol–water partition coefficient (Wildman–Crippen LogP) is 2.10. The first-order valence-electron chi connectivity index (χ1n) is 7.91. The highest BCUT2D eigenvalue weighted by Gasteiger charge is 2.28. The third-order valence-electron chi connectivity index (χ3n) is 3.62. The molecule has 0 unspecified atom stereocenters. The summed E-state index contributed by atoms with van der Waals surface area (Å²) in [5.74, 6) is -1.90. The Morgan fingerprint density at radius 3 is 2.29 bits per heavy atom. The largest absolute Gasteiger partial charge is 0.444 e. The van der Waals surface area contributed by atoms with Gasteiger partial charge in [0.1, 0.15) is 0 Å². The maximum atomic E-state index is 12.6. The summed E-state index contributed by atoms with van der Waals surface area (Å²) in [6.07, 6.45) is -0.474. The lowest BCUT2D eigenvalue weighted by atomic mass is 10.1. The molecule has 0 radical (unpaired) electrons. The lowest BCUT2D eigenvalue weighted by Crippen LogP contribution is -2.41. The van der Waals surface area contributed by atoms with Crippen molar-refractivity contribution in [3.05, 3.63) is 64.7 Å². The first-order chi connectivity index (χ1) is 13.1. The molecule has 2 rings (SSSR count). The van der Waals surface area contributed by atoms with Gasteiger partial charge in [-0.15, -0.1) is 0 Å². The van der Waals surface area contributed by atoms with Crippen molar-refractivity contribution in [2.24, 2.45) is 0 Å². The summed E-state index contributed by atoms with van der Waals surface area (Å²) in [7, 11) is -2.27. The summed E-state index contributed by atoms with van der Waals surface area (Å²) in [6, 6.07) is 10.8. The summed E-state index contributed by atoms with van der Waals surface area (Å²) in [5.41, 5.74) is 0.0888. The maximum absolute atomic E-state index is 12.6. The van der Waals surface area contributed by atoms with Gasteiger partial charge in [0.05, 0.1) is 15.5 Å². The van der Waals surface area contributed by atoms with Gasteiger partial charge in [-0.3, -0.25) is 10.1 Å². The van der Waals surface area contributed by atoms with Gasteiger partial charge in [-0.2, -0.15) is 0 Å². The number of carbonyl (C=O) groups excluding carboxylic acids is 3. The fourth-order valence-electron chi connectivity index (χ4n) is 2.20. The molecule has 0 spiro atoms. The molecule has 0 saturated carbocycles. The number of esters is 1. The molecule has 0 aliphatic carbocycles. The van der Waals surface area contributed by atoms with Crippen molar-refractivity contribution in [1.82, 2.24) is 10.6 Å². The van der Waals surface area contributed by atoms with E-state index in [2.05, 4.69) is 5.32 Å². The Balaban J connectivity index is 2.38. The van der Waals surface area contributed by atoms with Gasteiger partial charge >= 0.3 is 12.0 Å². The number of hydrogen-bond acceptors (Lipinski definition) is 6. The topological polar surface area (TPSA) is 119 Å². The Morgan fingerprint density at radius 2 is 1.71 bits per heavy atom. The van der Waals surface area contributed by atoms with Crippen LogP contribution in [0.1, 0.15) is 22.0 Å². The van der Waals surface area contributed by atoms with Gasteiger partial charge in [-0.1, -0.05) is 41.9 Å². The van der Waals surface area contributed by atoms with Crippen LogP contribution >= 0.6 is 11.6 Å². The molecule has 10 heteroatoms. The maximum Gasteiger partial charge on any atom is 0.340 e. The van der Waals surface area contributed by atoms with E-state index in [-0.39, 0.29) is 15.5 Å². The highest BCUT2D eigenvalue weighted by atomic mass is 35.5. The highest BCUT2D eigenvalue weighted by molar-refractivity contribution is 7.90. The quantitative estimate of drug-likeness (QED) is 0.709. The molecule has 8 nitrogen and oxygen atoms in total. The van der Waals surface area contributed by atoms with Crippen LogP contribution in [0.15, 0.2) is 53.4 Å². The monoisotopic (exact) mass is 424 g/mol. The average molecular weight is 425 g/mol. The molecule has 0 aliphatic heterocycles. The number of hydrogen-bond donors (Lipinski definition) is 2. The van der Waals surface area contributed by atoms with Gasteiger partial charge in [0.15, 0.2) is 9.84 Å². The minimum atomic E-state index is -3.59. The molecule has 0 aliphatic rings. The Labute approximate surface area is 166 Å². The third kappa shape index (κ3) is 5.30. The number of amides is 3. The van der Waals surface area contributed by atoms with E-state index in [9.17, 15) is 22.8 Å². The minimum Gasteiger partial charge on any atom is -0.444 e. The summed E-state index contributed by atoms with van der Waals surface area (Å²) >= 11 is 6.00. The van der Waals surface area contributed by atoms with E-state index < -0.39 is 33.8 Å². The molecule has 28 heavy (non-hydrogen) atoms. The minimum absolute atomic E-state index is 0.0454. The number of rotatable bonds is 5. The molecule has 1 atom stereocenters. The van der Waals surface area contributed by atoms with Gasteiger partial charge < -0.3 is 10.1 Å². The molecule has 0 saturated heterocycles. The number of carbonyl (C=O) groups is 3. The predicted molar refractivity (Wildman–Crippen MR) is 102 cm³/mol. The van der Waals surface area contributed by atoms with Gasteiger partial charge in [0.25, 0.3) is 5.91 Å². The van der Waals surface area contributed by atoms with Crippen LogP contribution < -0.4 is 10.6 Å². The summed E-state index contributed by atoms with van der Waals surface area (Å²) in [5, 5.41) is 4.22.